The molecular formula is C12H10BrFN2O2. The van der Waals surface area contributed by atoms with Crippen LogP contribution in [0.25, 0.3) is 11.3 Å². The molecule has 1 aromatic heterocycles. The van der Waals surface area contributed by atoms with Gasteiger partial charge in [-0.3, -0.25) is 5.10 Å². The maximum Gasteiger partial charge on any atom is 0.356 e. The first-order valence-electron chi connectivity index (χ1n) is 5.29. The number of carbonyl (C=O) groups is 1. The lowest BCUT2D eigenvalue weighted by Crippen LogP contribution is -2.04. The number of benzene rings is 1. The Morgan fingerprint density at radius 1 is 1.50 bits per heavy atom. The topological polar surface area (TPSA) is 55.0 Å². The van der Waals surface area contributed by atoms with E-state index in [1.807, 2.05) is 0 Å². The summed E-state index contributed by atoms with van der Waals surface area (Å²) in [6, 6.07) is 5.83. The van der Waals surface area contributed by atoms with Crippen LogP contribution in [0.5, 0.6) is 0 Å². The highest BCUT2D eigenvalue weighted by atomic mass is 79.9. The predicted molar refractivity (Wildman–Crippen MR) is 67.6 cm³/mol. The second-order valence-corrected chi connectivity index (χ2v) is 4.37. The van der Waals surface area contributed by atoms with Crippen molar-refractivity contribution in [2.75, 3.05) is 6.61 Å². The maximum atomic E-state index is 13.0. The lowest BCUT2D eigenvalue weighted by atomic mass is 10.1. The van der Waals surface area contributed by atoms with Gasteiger partial charge in [-0.15, -0.1) is 0 Å². The van der Waals surface area contributed by atoms with Gasteiger partial charge < -0.3 is 4.74 Å². The van der Waals surface area contributed by atoms with Gasteiger partial charge in [0.1, 0.15) is 11.5 Å². The van der Waals surface area contributed by atoms with E-state index in [0.29, 0.717) is 22.3 Å². The third kappa shape index (κ3) is 2.59. The van der Waals surface area contributed by atoms with Gasteiger partial charge in [-0.05, 0) is 47.1 Å². The fraction of sp³-hybridized carbons (Fsp3) is 0.167. The monoisotopic (exact) mass is 312 g/mol. The number of rotatable bonds is 3. The second kappa shape index (κ2) is 5.30. The molecule has 0 aliphatic rings. The summed E-state index contributed by atoms with van der Waals surface area (Å²) in [6.45, 7) is 2.03. The molecule has 0 aliphatic carbocycles. The third-order valence-corrected chi connectivity index (χ3v) is 2.94. The number of aromatic amines is 1. The first-order chi connectivity index (χ1) is 8.61. The summed E-state index contributed by atoms with van der Waals surface area (Å²) in [4.78, 5) is 11.5. The molecule has 0 fully saturated rings. The summed E-state index contributed by atoms with van der Waals surface area (Å²) in [5.41, 5.74) is 1.51. The minimum absolute atomic E-state index is 0.267. The molecule has 0 radical (unpaired) electrons. The standard InChI is InChI=1S/C12H10BrFN2O2/c1-2-18-12(17)11-6-10(15-16-11)8-4-3-7(14)5-9(8)13/h3-6H,2H2,1H3,(H,15,16). The van der Waals surface area contributed by atoms with E-state index >= 15 is 0 Å². The summed E-state index contributed by atoms with van der Waals surface area (Å²) in [6.07, 6.45) is 0. The highest BCUT2D eigenvalue weighted by molar-refractivity contribution is 9.10. The number of esters is 1. The van der Waals surface area contributed by atoms with Crippen LogP contribution in [0.3, 0.4) is 0 Å². The molecule has 0 amide bonds. The molecule has 0 atom stereocenters. The van der Waals surface area contributed by atoms with Gasteiger partial charge >= 0.3 is 5.97 Å². The minimum Gasteiger partial charge on any atom is -0.461 e. The van der Waals surface area contributed by atoms with Crippen LogP contribution in [0.1, 0.15) is 17.4 Å². The zero-order valence-electron chi connectivity index (χ0n) is 9.54. The van der Waals surface area contributed by atoms with E-state index in [4.69, 9.17) is 4.74 Å². The molecule has 0 bridgehead atoms. The van der Waals surface area contributed by atoms with Crippen LogP contribution in [0, 0.1) is 5.82 Å². The van der Waals surface area contributed by atoms with Crippen LogP contribution in [0.15, 0.2) is 28.7 Å². The number of halogens is 2. The first-order valence-corrected chi connectivity index (χ1v) is 6.09. The lowest BCUT2D eigenvalue weighted by molar-refractivity contribution is 0.0519. The van der Waals surface area contributed by atoms with Gasteiger partial charge in [-0.1, -0.05) is 0 Å². The third-order valence-electron chi connectivity index (χ3n) is 2.28. The molecule has 18 heavy (non-hydrogen) atoms. The molecule has 2 aromatic rings. The number of hydrogen-bond acceptors (Lipinski definition) is 3. The van der Waals surface area contributed by atoms with Crippen molar-refractivity contribution in [3.63, 3.8) is 0 Å². The summed E-state index contributed by atoms with van der Waals surface area (Å²) in [5, 5.41) is 6.59. The van der Waals surface area contributed by atoms with Gasteiger partial charge in [0.05, 0.1) is 12.3 Å². The van der Waals surface area contributed by atoms with E-state index < -0.39 is 5.97 Å². The highest BCUT2D eigenvalue weighted by Crippen LogP contribution is 2.27. The van der Waals surface area contributed by atoms with Gasteiger partial charge in [0.15, 0.2) is 0 Å². The molecule has 1 N–H and O–H groups in total. The quantitative estimate of drug-likeness (QED) is 0.886. The van der Waals surface area contributed by atoms with Crippen LogP contribution >= 0.6 is 15.9 Å². The smallest absolute Gasteiger partial charge is 0.356 e. The molecule has 0 aliphatic heterocycles. The fourth-order valence-electron chi connectivity index (χ4n) is 1.47. The Morgan fingerprint density at radius 2 is 2.28 bits per heavy atom. The van der Waals surface area contributed by atoms with Gasteiger partial charge in [-0.25, -0.2) is 9.18 Å². The second-order valence-electron chi connectivity index (χ2n) is 3.51. The van der Waals surface area contributed by atoms with Crippen molar-refractivity contribution in [3.8, 4) is 11.3 Å². The molecule has 0 saturated carbocycles. The summed E-state index contributed by atoms with van der Waals surface area (Å²) < 4.78 is 18.4. The van der Waals surface area contributed by atoms with E-state index in [2.05, 4.69) is 26.1 Å². The number of nitrogens with zero attached hydrogens (tertiary/aromatic N) is 1. The Hall–Kier alpha value is -1.69. The van der Waals surface area contributed by atoms with Crippen molar-refractivity contribution >= 4 is 21.9 Å². The number of carbonyl (C=O) groups excluding carboxylic acids is 1. The number of ether oxygens (including phenoxy) is 1. The van der Waals surface area contributed by atoms with Crippen molar-refractivity contribution in [1.82, 2.24) is 10.2 Å². The van der Waals surface area contributed by atoms with Crippen LogP contribution in [-0.2, 0) is 4.74 Å². The lowest BCUT2D eigenvalue weighted by Gasteiger charge is -1.99. The van der Waals surface area contributed by atoms with Crippen molar-refractivity contribution in [3.05, 3.63) is 40.2 Å². The summed E-state index contributed by atoms with van der Waals surface area (Å²) >= 11 is 3.25. The van der Waals surface area contributed by atoms with Crippen molar-refractivity contribution < 1.29 is 13.9 Å². The van der Waals surface area contributed by atoms with Crippen LogP contribution in [0.4, 0.5) is 4.39 Å². The number of aromatic nitrogens is 2. The normalized spacial score (nSPS) is 10.4. The van der Waals surface area contributed by atoms with Crippen LogP contribution in [0.2, 0.25) is 0 Å². The Balaban J connectivity index is 2.32. The van der Waals surface area contributed by atoms with E-state index in [-0.39, 0.29) is 11.5 Å². The number of H-pyrrole nitrogens is 1. The zero-order valence-corrected chi connectivity index (χ0v) is 11.1. The predicted octanol–water partition coefficient (Wildman–Crippen LogP) is 3.16. The van der Waals surface area contributed by atoms with E-state index in [1.54, 1.807) is 19.1 Å². The Kier molecular flexibility index (Phi) is 3.76. The molecular weight excluding hydrogens is 303 g/mol. The molecule has 4 nitrogen and oxygen atoms in total. The molecule has 0 spiro atoms. The summed E-state index contributed by atoms with van der Waals surface area (Å²) in [7, 11) is 0. The van der Waals surface area contributed by atoms with Crippen molar-refractivity contribution in [2.45, 2.75) is 6.92 Å². The molecule has 1 heterocycles. The molecule has 94 valence electrons. The molecule has 2 rings (SSSR count). The van der Waals surface area contributed by atoms with Gasteiger partial charge in [0.2, 0.25) is 0 Å². The number of nitrogens with one attached hydrogen (secondary N) is 1. The minimum atomic E-state index is -0.463. The molecule has 6 heteroatoms. The summed E-state index contributed by atoms with van der Waals surface area (Å²) in [5.74, 6) is -0.804. The maximum absolute atomic E-state index is 13.0. The van der Waals surface area contributed by atoms with E-state index in [0.717, 1.165) is 0 Å². The molecule has 0 saturated heterocycles. The van der Waals surface area contributed by atoms with Gasteiger partial charge in [0.25, 0.3) is 0 Å². The SMILES string of the molecule is CCOC(=O)c1cc(-c2ccc(F)cc2Br)n[nH]1. The first kappa shape index (κ1) is 12.8. The molecule has 0 unspecified atom stereocenters. The average Bonchev–Trinajstić information content (AvgIpc) is 2.78. The average molecular weight is 313 g/mol. The Labute approximate surface area is 111 Å². The van der Waals surface area contributed by atoms with E-state index in [1.165, 1.54) is 12.1 Å². The van der Waals surface area contributed by atoms with Gasteiger partial charge in [-0.2, -0.15) is 5.10 Å². The van der Waals surface area contributed by atoms with Crippen molar-refractivity contribution in [2.24, 2.45) is 0 Å². The van der Waals surface area contributed by atoms with Crippen LogP contribution in [-0.4, -0.2) is 22.8 Å². The molecule has 1 aromatic carbocycles. The zero-order chi connectivity index (χ0) is 13.1. The highest BCUT2D eigenvalue weighted by Gasteiger charge is 2.13. The Morgan fingerprint density at radius 3 is 2.94 bits per heavy atom. The van der Waals surface area contributed by atoms with E-state index in [9.17, 15) is 9.18 Å². The van der Waals surface area contributed by atoms with Crippen molar-refractivity contribution in [1.29, 1.82) is 0 Å². The largest absolute Gasteiger partial charge is 0.461 e. The number of hydrogen-bond donors (Lipinski definition) is 1. The fourth-order valence-corrected chi connectivity index (χ4v) is 2.02. The van der Waals surface area contributed by atoms with Crippen LogP contribution < -0.4 is 0 Å². The Bertz CT molecular complexity index is 583. The van der Waals surface area contributed by atoms with Gasteiger partial charge in [0, 0.05) is 10.0 Å².